The summed E-state index contributed by atoms with van der Waals surface area (Å²) in [6, 6.07) is 0. The first-order chi connectivity index (χ1) is 5.77. The second-order valence-electron chi connectivity index (χ2n) is 3.24. The van der Waals surface area contributed by atoms with Crippen LogP contribution in [0.4, 0.5) is 0 Å². The topological polar surface area (TPSA) is 21.3 Å². The summed E-state index contributed by atoms with van der Waals surface area (Å²) in [5.74, 6) is 0.639. The molecule has 1 N–H and O–H groups in total. The highest BCUT2D eigenvalue weighted by molar-refractivity contribution is 4.78. The van der Waals surface area contributed by atoms with Gasteiger partial charge in [-0.3, -0.25) is 0 Å². The van der Waals surface area contributed by atoms with Crippen LogP contribution in [0.5, 0.6) is 0 Å². The molecule has 0 aromatic heterocycles. The third-order valence-corrected chi connectivity index (χ3v) is 1.37. The van der Waals surface area contributed by atoms with Crippen molar-refractivity contribution in [3.05, 3.63) is 12.2 Å². The molecule has 0 fully saturated rings. The first-order valence-corrected chi connectivity index (χ1v) is 4.67. The van der Waals surface area contributed by atoms with Gasteiger partial charge < -0.3 is 10.1 Å². The van der Waals surface area contributed by atoms with Gasteiger partial charge in [0.05, 0.1) is 6.61 Å². The van der Waals surface area contributed by atoms with Crippen molar-refractivity contribution in [1.82, 2.24) is 5.32 Å². The Balaban J connectivity index is 2.91. The number of ether oxygens (including phenoxy) is 1. The van der Waals surface area contributed by atoms with E-state index in [4.69, 9.17) is 4.74 Å². The predicted molar refractivity (Wildman–Crippen MR) is 53.3 cm³/mol. The standard InChI is InChI=1S/C10H21NO/c1-4-5-6-11-7-8-12-9-10(2)3/h4-5,10-11H,6-9H2,1-3H3/b5-4+. The van der Waals surface area contributed by atoms with Crippen molar-refractivity contribution in [3.63, 3.8) is 0 Å². The summed E-state index contributed by atoms with van der Waals surface area (Å²) in [5, 5.41) is 3.25. The lowest BCUT2D eigenvalue weighted by molar-refractivity contribution is 0.112. The first-order valence-electron chi connectivity index (χ1n) is 4.67. The zero-order valence-corrected chi connectivity index (χ0v) is 8.47. The average molecular weight is 171 g/mol. The van der Waals surface area contributed by atoms with Crippen molar-refractivity contribution in [2.45, 2.75) is 20.8 Å². The van der Waals surface area contributed by atoms with Crippen molar-refractivity contribution in [2.24, 2.45) is 5.92 Å². The first kappa shape index (κ1) is 11.7. The average Bonchev–Trinajstić information content (AvgIpc) is 2.02. The van der Waals surface area contributed by atoms with Crippen LogP contribution in [0.1, 0.15) is 20.8 Å². The number of rotatable bonds is 7. The van der Waals surface area contributed by atoms with Crippen LogP contribution >= 0.6 is 0 Å². The van der Waals surface area contributed by atoms with Crippen LogP contribution in [-0.2, 0) is 4.74 Å². The maximum Gasteiger partial charge on any atom is 0.0591 e. The van der Waals surface area contributed by atoms with Gasteiger partial charge >= 0.3 is 0 Å². The van der Waals surface area contributed by atoms with Gasteiger partial charge in [0.25, 0.3) is 0 Å². The normalized spacial score (nSPS) is 11.7. The Bertz CT molecular complexity index is 110. The van der Waals surface area contributed by atoms with Gasteiger partial charge in [0.1, 0.15) is 0 Å². The van der Waals surface area contributed by atoms with Gasteiger partial charge in [0, 0.05) is 19.7 Å². The van der Waals surface area contributed by atoms with Crippen LogP contribution in [-0.4, -0.2) is 26.3 Å². The van der Waals surface area contributed by atoms with Crippen LogP contribution in [0, 0.1) is 5.92 Å². The molecule has 0 radical (unpaired) electrons. The predicted octanol–water partition coefficient (Wildman–Crippen LogP) is 1.82. The third-order valence-electron chi connectivity index (χ3n) is 1.37. The monoisotopic (exact) mass is 171 g/mol. The number of hydrogen-bond donors (Lipinski definition) is 1. The van der Waals surface area contributed by atoms with Crippen LogP contribution in [0.2, 0.25) is 0 Å². The molecule has 0 saturated heterocycles. The molecule has 0 rings (SSSR count). The Labute approximate surface area is 76.0 Å². The van der Waals surface area contributed by atoms with E-state index in [1.54, 1.807) is 0 Å². The highest BCUT2D eigenvalue weighted by Crippen LogP contribution is 1.90. The minimum atomic E-state index is 0.639. The molecular weight excluding hydrogens is 150 g/mol. The van der Waals surface area contributed by atoms with Crippen LogP contribution in [0.25, 0.3) is 0 Å². The summed E-state index contributed by atoms with van der Waals surface area (Å²) in [7, 11) is 0. The van der Waals surface area contributed by atoms with E-state index in [-0.39, 0.29) is 0 Å². The van der Waals surface area contributed by atoms with Crippen molar-refractivity contribution in [1.29, 1.82) is 0 Å². The van der Waals surface area contributed by atoms with Gasteiger partial charge in [-0.15, -0.1) is 0 Å². The zero-order chi connectivity index (χ0) is 9.23. The van der Waals surface area contributed by atoms with E-state index in [0.29, 0.717) is 5.92 Å². The van der Waals surface area contributed by atoms with Crippen LogP contribution in [0.3, 0.4) is 0 Å². The van der Waals surface area contributed by atoms with Gasteiger partial charge in [-0.2, -0.15) is 0 Å². The van der Waals surface area contributed by atoms with E-state index in [0.717, 1.165) is 26.3 Å². The second kappa shape index (κ2) is 8.75. The Morgan fingerprint density at radius 1 is 1.42 bits per heavy atom. The van der Waals surface area contributed by atoms with Crippen molar-refractivity contribution in [3.8, 4) is 0 Å². The molecule has 0 unspecified atom stereocenters. The summed E-state index contributed by atoms with van der Waals surface area (Å²) in [4.78, 5) is 0. The molecule has 72 valence electrons. The van der Waals surface area contributed by atoms with E-state index >= 15 is 0 Å². The number of allylic oxidation sites excluding steroid dienone is 1. The molecule has 2 heteroatoms. The van der Waals surface area contributed by atoms with Gasteiger partial charge in [0.15, 0.2) is 0 Å². The maximum absolute atomic E-state index is 5.39. The van der Waals surface area contributed by atoms with E-state index in [1.165, 1.54) is 0 Å². The summed E-state index contributed by atoms with van der Waals surface area (Å²) in [6.45, 7) is 9.91. The fraction of sp³-hybridized carbons (Fsp3) is 0.800. The molecule has 0 bridgehead atoms. The highest BCUT2D eigenvalue weighted by atomic mass is 16.5. The molecule has 0 aromatic carbocycles. The Morgan fingerprint density at radius 2 is 2.17 bits per heavy atom. The molecule has 0 heterocycles. The van der Waals surface area contributed by atoms with E-state index in [2.05, 4.69) is 25.2 Å². The zero-order valence-electron chi connectivity index (χ0n) is 8.47. The highest BCUT2D eigenvalue weighted by Gasteiger charge is 1.91. The Kier molecular flexibility index (Phi) is 8.51. The molecular formula is C10H21NO. The van der Waals surface area contributed by atoms with Gasteiger partial charge in [-0.05, 0) is 12.8 Å². The van der Waals surface area contributed by atoms with Gasteiger partial charge in [-0.25, -0.2) is 0 Å². The van der Waals surface area contributed by atoms with E-state index < -0.39 is 0 Å². The quantitative estimate of drug-likeness (QED) is 0.466. The lowest BCUT2D eigenvalue weighted by atomic mass is 10.2. The molecule has 0 aliphatic carbocycles. The van der Waals surface area contributed by atoms with E-state index in [9.17, 15) is 0 Å². The summed E-state index contributed by atoms with van der Waals surface area (Å²) >= 11 is 0. The molecule has 2 nitrogen and oxygen atoms in total. The van der Waals surface area contributed by atoms with Crippen LogP contribution < -0.4 is 5.32 Å². The summed E-state index contributed by atoms with van der Waals surface area (Å²) in [5.41, 5.74) is 0. The van der Waals surface area contributed by atoms with Crippen molar-refractivity contribution in [2.75, 3.05) is 26.3 Å². The molecule has 0 aliphatic heterocycles. The minimum absolute atomic E-state index is 0.639. The lowest BCUT2D eigenvalue weighted by Crippen LogP contribution is -2.20. The molecule has 0 atom stereocenters. The number of hydrogen-bond acceptors (Lipinski definition) is 2. The molecule has 0 saturated carbocycles. The molecule has 0 amide bonds. The van der Waals surface area contributed by atoms with E-state index in [1.807, 2.05) is 13.0 Å². The Morgan fingerprint density at radius 3 is 2.75 bits per heavy atom. The Hall–Kier alpha value is -0.340. The number of nitrogens with one attached hydrogen (secondary N) is 1. The van der Waals surface area contributed by atoms with Crippen LogP contribution in [0.15, 0.2) is 12.2 Å². The smallest absolute Gasteiger partial charge is 0.0591 e. The summed E-state index contributed by atoms with van der Waals surface area (Å²) in [6.07, 6.45) is 4.14. The maximum atomic E-state index is 5.39. The largest absolute Gasteiger partial charge is 0.380 e. The molecule has 0 aromatic rings. The molecule has 0 aliphatic rings. The SMILES string of the molecule is C/C=C/CNCCOCC(C)C. The minimum Gasteiger partial charge on any atom is -0.380 e. The van der Waals surface area contributed by atoms with Gasteiger partial charge in [-0.1, -0.05) is 26.0 Å². The van der Waals surface area contributed by atoms with Gasteiger partial charge in [0.2, 0.25) is 0 Å². The lowest BCUT2D eigenvalue weighted by Gasteiger charge is -2.06. The van der Waals surface area contributed by atoms with Crippen molar-refractivity contribution >= 4 is 0 Å². The van der Waals surface area contributed by atoms with Crippen molar-refractivity contribution < 1.29 is 4.74 Å². The molecule has 0 spiro atoms. The fourth-order valence-electron chi connectivity index (χ4n) is 0.767. The third kappa shape index (κ3) is 9.66. The fourth-order valence-corrected chi connectivity index (χ4v) is 0.767. The molecule has 12 heavy (non-hydrogen) atoms. The second-order valence-corrected chi connectivity index (χ2v) is 3.24. The summed E-state index contributed by atoms with van der Waals surface area (Å²) < 4.78 is 5.39.